The van der Waals surface area contributed by atoms with E-state index in [0.717, 1.165) is 0 Å². The van der Waals surface area contributed by atoms with Gasteiger partial charge in [-0.3, -0.25) is 0 Å². The number of hydrogen-bond acceptors (Lipinski definition) is 0. The Labute approximate surface area is 127 Å². The molecule has 0 aliphatic heterocycles. The Morgan fingerprint density at radius 3 is 2.64 bits per heavy atom. The molecule has 3 heterocycles. The maximum atomic E-state index is 2.33. The van der Waals surface area contributed by atoms with Crippen molar-refractivity contribution < 1.29 is 4.40 Å². The van der Waals surface area contributed by atoms with Crippen LogP contribution in [-0.4, -0.2) is 4.40 Å². The van der Waals surface area contributed by atoms with E-state index in [0.29, 0.717) is 0 Å². The second-order valence-electron chi connectivity index (χ2n) is 5.91. The van der Waals surface area contributed by atoms with E-state index in [-0.39, 0.29) is 0 Å². The third kappa shape index (κ3) is 1.47. The average molecular weight is 283 g/mol. The van der Waals surface area contributed by atoms with E-state index in [1.165, 1.54) is 38.5 Å². The molecule has 0 radical (unpaired) electrons. The highest BCUT2D eigenvalue weighted by Crippen LogP contribution is 2.21. The maximum absolute atomic E-state index is 2.33. The zero-order valence-corrected chi connectivity index (χ0v) is 12.3. The van der Waals surface area contributed by atoms with Gasteiger partial charge >= 0.3 is 0 Å². The number of hydrogen-bond donors (Lipinski definition) is 0. The van der Waals surface area contributed by atoms with Crippen LogP contribution in [0.2, 0.25) is 0 Å². The monoisotopic (exact) mass is 283 g/mol. The van der Waals surface area contributed by atoms with Crippen LogP contribution in [0.4, 0.5) is 0 Å². The fourth-order valence-electron chi connectivity index (χ4n) is 3.42. The van der Waals surface area contributed by atoms with Gasteiger partial charge in [-0.25, -0.2) is 0 Å². The zero-order valence-electron chi connectivity index (χ0n) is 12.3. The summed E-state index contributed by atoms with van der Waals surface area (Å²) in [6.45, 7) is 2.14. The van der Waals surface area contributed by atoms with Crippen molar-refractivity contribution in [2.24, 2.45) is 0 Å². The van der Waals surface area contributed by atoms with Gasteiger partial charge in [0, 0.05) is 16.8 Å². The molecule has 2 aromatic carbocycles. The molecule has 0 N–H and O–H groups in total. The molecule has 0 atom stereocenters. The van der Waals surface area contributed by atoms with Gasteiger partial charge in [0.25, 0.3) is 5.65 Å². The standard InChI is InChI=1S/C20H15N2/c1-14-6-10-19-16(12-14)7-9-17-13-21-18-5-3-2-4-15(18)8-11-20(21)22(17)19/h2-13H,1H3/q+1. The summed E-state index contributed by atoms with van der Waals surface area (Å²) in [4.78, 5) is 0. The highest BCUT2D eigenvalue weighted by atomic mass is 15.1. The lowest BCUT2D eigenvalue weighted by Gasteiger charge is -1.99. The summed E-state index contributed by atoms with van der Waals surface area (Å²) in [6.07, 6.45) is 2.22. The van der Waals surface area contributed by atoms with Gasteiger partial charge in [0.15, 0.2) is 5.52 Å². The van der Waals surface area contributed by atoms with Gasteiger partial charge in [-0.15, -0.1) is 0 Å². The summed E-state index contributed by atoms with van der Waals surface area (Å²) in [5.41, 5.74) is 6.20. The number of imidazole rings is 1. The van der Waals surface area contributed by atoms with Crippen LogP contribution in [0.25, 0.3) is 33.0 Å². The number of fused-ring (bicyclic) bond motifs is 7. The van der Waals surface area contributed by atoms with Crippen molar-refractivity contribution in [3.8, 4) is 0 Å². The summed E-state index contributed by atoms with van der Waals surface area (Å²) in [5.74, 6) is 0. The van der Waals surface area contributed by atoms with Crippen LogP contribution in [0, 0.1) is 6.92 Å². The molecule has 0 fully saturated rings. The molecule has 0 bridgehead atoms. The topological polar surface area (TPSA) is 8.51 Å². The largest absolute Gasteiger partial charge is 0.292 e. The number of benzene rings is 2. The third-order valence-corrected chi connectivity index (χ3v) is 4.46. The van der Waals surface area contributed by atoms with Crippen molar-refractivity contribution in [1.82, 2.24) is 4.40 Å². The molecule has 0 saturated carbocycles. The van der Waals surface area contributed by atoms with E-state index in [2.05, 4.69) is 88.7 Å². The Kier molecular flexibility index (Phi) is 2.18. The van der Waals surface area contributed by atoms with Crippen molar-refractivity contribution in [2.75, 3.05) is 0 Å². The molecule has 5 rings (SSSR count). The van der Waals surface area contributed by atoms with E-state index in [9.17, 15) is 0 Å². The van der Waals surface area contributed by atoms with Crippen molar-refractivity contribution in [1.29, 1.82) is 0 Å². The van der Waals surface area contributed by atoms with Crippen molar-refractivity contribution in [2.45, 2.75) is 6.92 Å². The van der Waals surface area contributed by atoms with Gasteiger partial charge in [0.05, 0.1) is 0 Å². The molecule has 0 aliphatic rings. The first-order valence-electron chi connectivity index (χ1n) is 7.55. The van der Waals surface area contributed by atoms with Crippen LogP contribution in [0.3, 0.4) is 0 Å². The maximum Gasteiger partial charge on any atom is 0.292 e. The lowest BCUT2D eigenvalue weighted by molar-refractivity contribution is -0.479. The quantitative estimate of drug-likeness (QED) is 0.375. The minimum Gasteiger partial charge on any atom is -0.194 e. The van der Waals surface area contributed by atoms with Gasteiger partial charge in [0.2, 0.25) is 0 Å². The smallest absolute Gasteiger partial charge is 0.194 e. The van der Waals surface area contributed by atoms with Crippen molar-refractivity contribution in [3.63, 3.8) is 0 Å². The molecular weight excluding hydrogens is 268 g/mol. The molecular formula is C20H15N2+. The molecule has 0 spiro atoms. The Balaban J connectivity index is 2.07. The Morgan fingerprint density at radius 2 is 1.68 bits per heavy atom. The van der Waals surface area contributed by atoms with Gasteiger partial charge in [-0.1, -0.05) is 29.8 Å². The minimum atomic E-state index is 1.20. The summed E-state index contributed by atoms with van der Waals surface area (Å²) in [6, 6.07) is 24.0. The first kappa shape index (κ1) is 11.8. The number of nitrogens with zero attached hydrogens (tertiary/aromatic N) is 2. The van der Waals surface area contributed by atoms with Crippen LogP contribution in [0.5, 0.6) is 0 Å². The molecule has 0 saturated heterocycles. The summed E-state index contributed by atoms with van der Waals surface area (Å²) in [5, 5.41) is 2.54. The average Bonchev–Trinajstić information content (AvgIpc) is 2.94. The second kappa shape index (κ2) is 4.08. The van der Waals surface area contributed by atoms with Gasteiger partial charge in [0.1, 0.15) is 17.2 Å². The molecule has 0 unspecified atom stereocenters. The zero-order chi connectivity index (χ0) is 14.7. The fourth-order valence-corrected chi connectivity index (χ4v) is 3.42. The number of pyridine rings is 2. The molecule has 0 amide bonds. The molecule has 3 aromatic heterocycles. The number of rotatable bonds is 0. The lowest BCUT2D eigenvalue weighted by atomic mass is 10.1. The van der Waals surface area contributed by atoms with Gasteiger partial charge in [-0.05, 0) is 43.3 Å². The predicted octanol–water partition coefficient (Wildman–Crippen LogP) is 4.29. The number of aromatic nitrogens is 2. The molecule has 104 valence electrons. The van der Waals surface area contributed by atoms with E-state index in [1.54, 1.807) is 0 Å². The van der Waals surface area contributed by atoms with Crippen LogP contribution in [0.15, 0.2) is 72.9 Å². The third-order valence-electron chi connectivity index (χ3n) is 4.46. The normalized spacial score (nSPS) is 11.9. The number of aryl methyl sites for hydroxylation is 1. The lowest BCUT2D eigenvalue weighted by Crippen LogP contribution is -2.19. The molecule has 22 heavy (non-hydrogen) atoms. The van der Waals surface area contributed by atoms with E-state index in [4.69, 9.17) is 0 Å². The van der Waals surface area contributed by atoms with E-state index < -0.39 is 0 Å². The fraction of sp³-hybridized carbons (Fsp3) is 0.0500. The Hall–Kier alpha value is -2.87. The molecule has 5 aromatic rings. The first-order valence-corrected chi connectivity index (χ1v) is 7.55. The van der Waals surface area contributed by atoms with Gasteiger partial charge < -0.3 is 0 Å². The summed E-state index contributed by atoms with van der Waals surface area (Å²) >= 11 is 0. The van der Waals surface area contributed by atoms with Gasteiger partial charge in [-0.2, -0.15) is 8.80 Å². The molecule has 2 nitrogen and oxygen atoms in total. The van der Waals surface area contributed by atoms with Crippen molar-refractivity contribution in [3.05, 3.63) is 78.5 Å². The van der Waals surface area contributed by atoms with Crippen LogP contribution in [-0.2, 0) is 0 Å². The SMILES string of the molecule is Cc1ccc2c(ccc3c[n+]4c5ccccc5ccc4n32)c1. The summed E-state index contributed by atoms with van der Waals surface area (Å²) in [7, 11) is 0. The Morgan fingerprint density at radius 1 is 0.818 bits per heavy atom. The van der Waals surface area contributed by atoms with E-state index >= 15 is 0 Å². The molecule has 0 aliphatic carbocycles. The predicted molar refractivity (Wildman–Crippen MR) is 90.3 cm³/mol. The van der Waals surface area contributed by atoms with Crippen LogP contribution < -0.4 is 4.40 Å². The second-order valence-corrected chi connectivity index (χ2v) is 5.91. The molecule has 2 heteroatoms. The minimum absolute atomic E-state index is 1.20. The van der Waals surface area contributed by atoms with Crippen LogP contribution >= 0.6 is 0 Å². The summed E-state index contributed by atoms with van der Waals surface area (Å²) < 4.78 is 4.62. The van der Waals surface area contributed by atoms with Crippen LogP contribution in [0.1, 0.15) is 5.56 Å². The highest BCUT2D eigenvalue weighted by Gasteiger charge is 2.16. The van der Waals surface area contributed by atoms with E-state index in [1.807, 2.05) is 0 Å². The first-order chi connectivity index (χ1) is 10.8. The highest BCUT2D eigenvalue weighted by molar-refractivity contribution is 5.86. The number of para-hydroxylation sites is 1. The Bertz CT molecular complexity index is 1180. The van der Waals surface area contributed by atoms with Crippen molar-refractivity contribution >= 4 is 33.0 Å².